The Balaban J connectivity index is 1.96. The maximum atomic E-state index is 4.33. The van der Waals surface area contributed by atoms with E-state index in [1.807, 2.05) is 12.2 Å². The van der Waals surface area contributed by atoms with Crippen LogP contribution >= 0.6 is 0 Å². The molecule has 1 heteroatoms. The smallest absolute Gasteiger partial charge is 0.0488 e. The molecule has 3 rings (SSSR count). The predicted octanol–water partition coefficient (Wildman–Crippen LogP) is 5.75. The summed E-state index contributed by atoms with van der Waals surface area (Å²) in [4.78, 5) is 2.30. The molecule has 0 radical (unpaired) electrons. The summed E-state index contributed by atoms with van der Waals surface area (Å²) < 4.78 is 0. The minimum absolute atomic E-state index is 0.895. The molecule has 2 aromatic carbocycles. The van der Waals surface area contributed by atoms with Crippen LogP contribution in [0.5, 0.6) is 0 Å². The average molecular weight is 301 g/mol. The summed E-state index contributed by atoms with van der Waals surface area (Å²) in [5.74, 6) is 0. The van der Waals surface area contributed by atoms with Crippen molar-refractivity contribution in [3.05, 3.63) is 89.5 Å². The number of hydrogen-bond acceptors (Lipinski definition) is 1. The van der Waals surface area contributed by atoms with E-state index in [1.54, 1.807) is 0 Å². The Morgan fingerprint density at radius 2 is 2.00 bits per heavy atom. The Labute approximate surface area is 139 Å². The van der Waals surface area contributed by atoms with Crippen molar-refractivity contribution in [2.75, 3.05) is 4.90 Å². The zero-order chi connectivity index (χ0) is 16.4. The molecular formula is C22H23N. The fraction of sp³-hybridized carbons (Fsp3) is 0.182. The quantitative estimate of drug-likeness (QED) is 0.650. The minimum atomic E-state index is 0.895. The van der Waals surface area contributed by atoms with Gasteiger partial charge in [0.05, 0.1) is 0 Å². The van der Waals surface area contributed by atoms with Crippen molar-refractivity contribution < 1.29 is 0 Å². The second-order valence-corrected chi connectivity index (χ2v) is 6.01. The summed E-state index contributed by atoms with van der Waals surface area (Å²) in [7, 11) is 0. The van der Waals surface area contributed by atoms with Crippen molar-refractivity contribution in [1.82, 2.24) is 0 Å². The lowest BCUT2D eigenvalue weighted by Crippen LogP contribution is -2.13. The molecule has 1 nitrogen and oxygen atoms in total. The van der Waals surface area contributed by atoms with Crippen molar-refractivity contribution >= 4 is 17.5 Å². The highest BCUT2D eigenvalue weighted by molar-refractivity contribution is 5.84. The number of rotatable bonds is 4. The van der Waals surface area contributed by atoms with Crippen molar-refractivity contribution in [2.24, 2.45) is 0 Å². The first kappa shape index (κ1) is 15.4. The van der Waals surface area contributed by atoms with Gasteiger partial charge in [0, 0.05) is 23.5 Å². The molecule has 2 aromatic rings. The summed E-state index contributed by atoms with van der Waals surface area (Å²) in [6.07, 6.45) is 6.95. The van der Waals surface area contributed by atoms with Crippen LogP contribution in [0, 0.1) is 6.92 Å². The van der Waals surface area contributed by atoms with Crippen molar-refractivity contribution in [3.8, 4) is 0 Å². The van der Waals surface area contributed by atoms with E-state index >= 15 is 0 Å². The molecule has 0 amide bonds. The zero-order valence-corrected chi connectivity index (χ0v) is 14.0. The molecule has 116 valence electrons. The van der Waals surface area contributed by atoms with Crippen LogP contribution in [-0.2, 0) is 13.0 Å². The van der Waals surface area contributed by atoms with Crippen LogP contribution in [0.4, 0.5) is 5.69 Å². The molecule has 0 atom stereocenters. The Morgan fingerprint density at radius 3 is 2.74 bits per heavy atom. The molecule has 0 unspecified atom stereocenters. The highest BCUT2D eigenvalue weighted by Gasteiger charge is 2.23. The molecule has 1 aliphatic heterocycles. The van der Waals surface area contributed by atoms with E-state index in [0.717, 1.165) is 18.7 Å². The van der Waals surface area contributed by atoms with Crippen LogP contribution in [-0.4, -0.2) is 0 Å². The number of aryl methyl sites for hydroxylation is 2. The van der Waals surface area contributed by atoms with Gasteiger partial charge >= 0.3 is 0 Å². The van der Waals surface area contributed by atoms with Gasteiger partial charge in [-0.25, -0.2) is 0 Å². The molecular weight excluding hydrogens is 278 g/mol. The first-order chi connectivity index (χ1) is 11.1. The fourth-order valence-corrected chi connectivity index (χ4v) is 3.06. The Bertz CT molecular complexity index is 796. The number of nitrogens with zero attached hydrogens (tertiary/aromatic N) is 1. The van der Waals surface area contributed by atoms with Gasteiger partial charge in [-0.2, -0.15) is 0 Å². The highest BCUT2D eigenvalue weighted by atomic mass is 15.2. The molecule has 0 bridgehead atoms. The summed E-state index contributed by atoms with van der Waals surface area (Å²) in [5, 5.41) is 0. The maximum Gasteiger partial charge on any atom is 0.0488 e. The lowest BCUT2D eigenvalue weighted by atomic mass is 10.0. The third-order valence-corrected chi connectivity index (χ3v) is 4.53. The molecule has 1 aliphatic rings. The van der Waals surface area contributed by atoms with Gasteiger partial charge in [0.2, 0.25) is 0 Å². The summed E-state index contributed by atoms with van der Waals surface area (Å²) in [6.45, 7) is 13.3. The molecule has 0 fully saturated rings. The molecule has 0 saturated heterocycles. The predicted molar refractivity (Wildman–Crippen MR) is 101 cm³/mol. The van der Waals surface area contributed by atoms with Gasteiger partial charge in [-0.05, 0) is 53.8 Å². The van der Waals surface area contributed by atoms with Gasteiger partial charge in [0.1, 0.15) is 0 Å². The van der Waals surface area contributed by atoms with Gasteiger partial charge in [0.25, 0.3) is 0 Å². The number of hydrogen-bond donors (Lipinski definition) is 0. The number of benzene rings is 2. The van der Waals surface area contributed by atoms with E-state index in [2.05, 4.69) is 74.4 Å². The molecule has 23 heavy (non-hydrogen) atoms. The molecule has 0 N–H and O–H groups in total. The van der Waals surface area contributed by atoms with Crippen LogP contribution < -0.4 is 4.90 Å². The van der Waals surface area contributed by atoms with E-state index in [4.69, 9.17) is 0 Å². The van der Waals surface area contributed by atoms with Crippen LogP contribution in [0.1, 0.15) is 34.7 Å². The number of anilines is 1. The highest BCUT2D eigenvalue weighted by Crippen LogP contribution is 2.37. The molecule has 0 aromatic heterocycles. The van der Waals surface area contributed by atoms with Crippen LogP contribution in [0.3, 0.4) is 0 Å². The van der Waals surface area contributed by atoms with Crippen molar-refractivity contribution in [3.63, 3.8) is 0 Å². The maximum absolute atomic E-state index is 4.33. The van der Waals surface area contributed by atoms with Gasteiger partial charge in [-0.3, -0.25) is 0 Å². The minimum Gasteiger partial charge on any atom is -0.337 e. The lowest BCUT2D eigenvalue weighted by molar-refractivity contribution is 1.04. The molecule has 0 spiro atoms. The molecule has 0 saturated carbocycles. The van der Waals surface area contributed by atoms with Crippen LogP contribution in [0.2, 0.25) is 0 Å². The summed E-state index contributed by atoms with van der Waals surface area (Å²) in [5.41, 5.74) is 8.79. The van der Waals surface area contributed by atoms with Crippen molar-refractivity contribution in [1.29, 1.82) is 0 Å². The third kappa shape index (κ3) is 2.87. The van der Waals surface area contributed by atoms with E-state index in [9.17, 15) is 0 Å². The Hall–Kier alpha value is -2.54. The monoisotopic (exact) mass is 301 g/mol. The zero-order valence-electron chi connectivity index (χ0n) is 14.0. The van der Waals surface area contributed by atoms with Crippen molar-refractivity contribution in [2.45, 2.75) is 26.8 Å². The first-order valence-corrected chi connectivity index (χ1v) is 8.12. The number of fused-ring (bicyclic) bond motifs is 1. The first-order valence-electron chi connectivity index (χ1n) is 8.12. The van der Waals surface area contributed by atoms with Crippen LogP contribution in [0.15, 0.2) is 61.7 Å². The standard InChI is InChI=1S/C22H23N/c1-5-7-8-19-14-21(12-9-16(19)3)23-15-20-11-10-18(6-2)13-22(20)17(23)4/h5,7-14H,1,4,6,15H2,2-3H3/b8-7-. The van der Waals surface area contributed by atoms with E-state index in [-0.39, 0.29) is 0 Å². The normalized spacial score (nSPS) is 13.7. The summed E-state index contributed by atoms with van der Waals surface area (Å²) in [6, 6.07) is 13.3. The van der Waals surface area contributed by atoms with E-state index in [0.29, 0.717) is 0 Å². The summed E-state index contributed by atoms with van der Waals surface area (Å²) >= 11 is 0. The van der Waals surface area contributed by atoms with Gasteiger partial charge in [-0.1, -0.05) is 56.5 Å². The topological polar surface area (TPSA) is 3.24 Å². The largest absolute Gasteiger partial charge is 0.337 e. The van der Waals surface area contributed by atoms with Gasteiger partial charge in [-0.15, -0.1) is 0 Å². The van der Waals surface area contributed by atoms with E-state index in [1.165, 1.54) is 33.5 Å². The third-order valence-electron chi connectivity index (χ3n) is 4.53. The SMILES string of the molecule is C=C/C=C\c1cc(N2Cc3ccc(CC)cc3C2=C)ccc1C. The lowest BCUT2D eigenvalue weighted by Gasteiger charge is -2.20. The van der Waals surface area contributed by atoms with Gasteiger partial charge in [0.15, 0.2) is 0 Å². The second-order valence-electron chi connectivity index (χ2n) is 6.01. The molecule has 0 aliphatic carbocycles. The van der Waals surface area contributed by atoms with E-state index < -0.39 is 0 Å². The molecule has 1 heterocycles. The average Bonchev–Trinajstić information content (AvgIpc) is 2.90. The Morgan fingerprint density at radius 1 is 1.17 bits per heavy atom. The fourth-order valence-electron chi connectivity index (χ4n) is 3.06. The second kappa shape index (κ2) is 6.29. The Kier molecular flexibility index (Phi) is 4.20. The number of allylic oxidation sites excluding steroid dienone is 2. The van der Waals surface area contributed by atoms with Gasteiger partial charge < -0.3 is 4.90 Å². The van der Waals surface area contributed by atoms with Crippen LogP contribution in [0.25, 0.3) is 11.8 Å².